The Kier molecular flexibility index (Phi) is 2.79. The first-order valence-corrected chi connectivity index (χ1v) is 7.47. The molecular weight excluding hydrogens is 276 g/mol. The van der Waals surface area contributed by atoms with Crippen LogP contribution in [0.25, 0.3) is 0 Å². The standard InChI is InChI=1S/C18H16N2O2/c21-16-18(11-10-14-8-4-5-9-15(14)18)19-17(22)20(16)12-13-6-2-1-3-7-13/h1-9H,10-12H2,(H,19,22)/t18-/m0/s1. The largest absolute Gasteiger partial charge is 0.325 e. The molecule has 4 heteroatoms. The first-order valence-electron chi connectivity index (χ1n) is 7.47. The van der Waals surface area contributed by atoms with Crippen molar-refractivity contribution in [2.24, 2.45) is 0 Å². The topological polar surface area (TPSA) is 49.4 Å². The smallest absolute Gasteiger partial charge is 0.319 e. The second-order valence-corrected chi connectivity index (χ2v) is 5.87. The Morgan fingerprint density at radius 2 is 1.73 bits per heavy atom. The van der Waals surface area contributed by atoms with Crippen molar-refractivity contribution in [3.63, 3.8) is 0 Å². The van der Waals surface area contributed by atoms with Gasteiger partial charge in [0.25, 0.3) is 5.91 Å². The average molecular weight is 292 g/mol. The lowest BCUT2D eigenvalue weighted by Gasteiger charge is -2.22. The highest BCUT2D eigenvalue weighted by Gasteiger charge is 2.55. The van der Waals surface area contributed by atoms with Crippen LogP contribution >= 0.6 is 0 Å². The van der Waals surface area contributed by atoms with Crippen molar-refractivity contribution in [3.05, 3.63) is 71.3 Å². The summed E-state index contributed by atoms with van der Waals surface area (Å²) in [6, 6.07) is 17.2. The van der Waals surface area contributed by atoms with Gasteiger partial charge in [-0.2, -0.15) is 0 Å². The zero-order valence-electron chi connectivity index (χ0n) is 12.1. The van der Waals surface area contributed by atoms with Crippen molar-refractivity contribution in [2.75, 3.05) is 0 Å². The molecule has 2 aliphatic rings. The zero-order valence-corrected chi connectivity index (χ0v) is 12.1. The Labute approximate surface area is 128 Å². The fraction of sp³-hybridized carbons (Fsp3) is 0.222. The molecule has 0 unspecified atom stereocenters. The van der Waals surface area contributed by atoms with Gasteiger partial charge in [0.2, 0.25) is 0 Å². The van der Waals surface area contributed by atoms with Crippen molar-refractivity contribution in [1.82, 2.24) is 10.2 Å². The second kappa shape index (κ2) is 4.70. The lowest BCUT2D eigenvalue weighted by molar-refractivity contribution is -0.132. The summed E-state index contributed by atoms with van der Waals surface area (Å²) in [5, 5.41) is 2.94. The van der Waals surface area contributed by atoms with E-state index in [-0.39, 0.29) is 11.9 Å². The molecule has 1 aliphatic carbocycles. The molecule has 1 N–H and O–H groups in total. The van der Waals surface area contributed by atoms with Crippen LogP contribution in [0.15, 0.2) is 54.6 Å². The second-order valence-electron chi connectivity index (χ2n) is 5.87. The molecule has 1 aliphatic heterocycles. The van der Waals surface area contributed by atoms with E-state index in [9.17, 15) is 9.59 Å². The summed E-state index contributed by atoms with van der Waals surface area (Å²) >= 11 is 0. The maximum atomic E-state index is 12.9. The van der Waals surface area contributed by atoms with Gasteiger partial charge in [-0.05, 0) is 29.5 Å². The summed E-state index contributed by atoms with van der Waals surface area (Å²) in [4.78, 5) is 26.6. The van der Waals surface area contributed by atoms with Gasteiger partial charge in [0.05, 0.1) is 6.54 Å². The number of carbonyl (C=O) groups excluding carboxylic acids is 2. The maximum Gasteiger partial charge on any atom is 0.325 e. The summed E-state index contributed by atoms with van der Waals surface area (Å²) in [5.74, 6) is -0.133. The molecule has 22 heavy (non-hydrogen) atoms. The summed E-state index contributed by atoms with van der Waals surface area (Å²) < 4.78 is 0. The summed E-state index contributed by atoms with van der Waals surface area (Å²) in [6.45, 7) is 0.315. The molecule has 0 bridgehead atoms. The molecule has 2 aromatic carbocycles. The molecule has 1 fully saturated rings. The van der Waals surface area contributed by atoms with Gasteiger partial charge in [-0.15, -0.1) is 0 Å². The molecule has 0 aromatic heterocycles. The van der Waals surface area contributed by atoms with E-state index in [0.29, 0.717) is 13.0 Å². The van der Waals surface area contributed by atoms with Gasteiger partial charge in [0, 0.05) is 0 Å². The Morgan fingerprint density at radius 3 is 2.55 bits per heavy atom. The summed E-state index contributed by atoms with van der Waals surface area (Å²) in [7, 11) is 0. The molecule has 3 amide bonds. The number of hydrogen-bond acceptors (Lipinski definition) is 2. The third kappa shape index (κ3) is 1.77. The monoisotopic (exact) mass is 292 g/mol. The van der Waals surface area contributed by atoms with Gasteiger partial charge in [-0.3, -0.25) is 9.69 Å². The average Bonchev–Trinajstić information content (AvgIpc) is 3.03. The van der Waals surface area contributed by atoms with Gasteiger partial charge < -0.3 is 5.32 Å². The van der Waals surface area contributed by atoms with Crippen LogP contribution in [0.4, 0.5) is 4.79 Å². The Morgan fingerprint density at radius 1 is 1.00 bits per heavy atom. The number of nitrogens with one attached hydrogen (secondary N) is 1. The van der Waals surface area contributed by atoms with E-state index >= 15 is 0 Å². The van der Waals surface area contributed by atoms with Crippen molar-refractivity contribution >= 4 is 11.9 Å². The van der Waals surface area contributed by atoms with E-state index in [0.717, 1.165) is 23.1 Å². The SMILES string of the molecule is O=C1N[C@]2(CCc3ccccc32)C(=O)N1Cc1ccccc1. The van der Waals surface area contributed by atoms with Gasteiger partial charge in [0.15, 0.2) is 0 Å². The number of imide groups is 1. The van der Waals surface area contributed by atoms with E-state index in [1.165, 1.54) is 4.90 Å². The highest BCUT2D eigenvalue weighted by molar-refractivity contribution is 6.08. The lowest BCUT2D eigenvalue weighted by atomic mass is 9.92. The van der Waals surface area contributed by atoms with Crippen molar-refractivity contribution < 1.29 is 9.59 Å². The number of benzene rings is 2. The quantitative estimate of drug-likeness (QED) is 0.865. The van der Waals surface area contributed by atoms with Crippen LogP contribution in [0.5, 0.6) is 0 Å². The molecule has 1 heterocycles. The minimum absolute atomic E-state index is 0.133. The third-order valence-corrected chi connectivity index (χ3v) is 4.61. The number of amides is 3. The molecule has 4 rings (SSSR count). The zero-order chi connectivity index (χ0) is 15.2. The van der Waals surface area contributed by atoms with Crippen LogP contribution in [0, 0.1) is 0 Å². The third-order valence-electron chi connectivity index (χ3n) is 4.61. The fourth-order valence-electron chi connectivity index (χ4n) is 3.50. The molecule has 1 atom stereocenters. The number of carbonyl (C=O) groups is 2. The van der Waals surface area contributed by atoms with E-state index in [4.69, 9.17) is 0 Å². The Balaban J connectivity index is 1.69. The molecule has 110 valence electrons. The normalized spacial score (nSPS) is 23.0. The number of rotatable bonds is 2. The van der Waals surface area contributed by atoms with Gasteiger partial charge >= 0.3 is 6.03 Å². The predicted octanol–water partition coefficient (Wildman–Crippen LogP) is 2.58. The number of nitrogens with zero attached hydrogens (tertiary/aromatic N) is 1. The molecule has 0 saturated carbocycles. The number of urea groups is 1. The number of aryl methyl sites for hydroxylation is 1. The molecule has 4 nitrogen and oxygen atoms in total. The van der Waals surface area contributed by atoms with Crippen LogP contribution in [0.3, 0.4) is 0 Å². The minimum atomic E-state index is -0.859. The van der Waals surface area contributed by atoms with E-state index in [1.54, 1.807) is 0 Å². The molecule has 0 radical (unpaired) electrons. The molecular formula is C18H16N2O2. The van der Waals surface area contributed by atoms with E-state index in [2.05, 4.69) is 5.32 Å². The minimum Gasteiger partial charge on any atom is -0.319 e. The van der Waals surface area contributed by atoms with Crippen LogP contribution in [-0.4, -0.2) is 16.8 Å². The molecule has 2 aromatic rings. The highest BCUT2D eigenvalue weighted by Crippen LogP contribution is 2.41. The molecule has 1 spiro atoms. The van der Waals surface area contributed by atoms with Gasteiger partial charge in [0.1, 0.15) is 5.54 Å². The van der Waals surface area contributed by atoms with Gasteiger partial charge in [-0.1, -0.05) is 54.6 Å². The summed E-state index contributed by atoms with van der Waals surface area (Å²) in [5.41, 5.74) is 2.19. The first kappa shape index (κ1) is 13.1. The number of fused-ring (bicyclic) bond motifs is 2. The van der Waals surface area contributed by atoms with E-state index < -0.39 is 5.54 Å². The van der Waals surface area contributed by atoms with Gasteiger partial charge in [-0.25, -0.2) is 4.79 Å². The van der Waals surface area contributed by atoms with Crippen molar-refractivity contribution in [2.45, 2.75) is 24.9 Å². The van der Waals surface area contributed by atoms with Crippen molar-refractivity contribution in [3.8, 4) is 0 Å². The van der Waals surface area contributed by atoms with Crippen molar-refractivity contribution in [1.29, 1.82) is 0 Å². The van der Waals surface area contributed by atoms with Crippen LogP contribution < -0.4 is 5.32 Å². The molecule has 1 saturated heterocycles. The predicted molar refractivity (Wildman–Crippen MR) is 82.0 cm³/mol. The first-order chi connectivity index (χ1) is 10.7. The Bertz CT molecular complexity index is 757. The summed E-state index contributed by atoms with van der Waals surface area (Å²) in [6.07, 6.45) is 1.46. The van der Waals surface area contributed by atoms with E-state index in [1.807, 2.05) is 54.6 Å². The van der Waals surface area contributed by atoms with Crippen LogP contribution in [0.2, 0.25) is 0 Å². The van der Waals surface area contributed by atoms with Crippen LogP contribution in [0.1, 0.15) is 23.1 Å². The Hall–Kier alpha value is -2.62. The van der Waals surface area contributed by atoms with Crippen LogP contribution in [-0.2, 0) is 23.3 Å². The number of hydrogen-bond donors (Lipinski definition) is 1. The maximum absolute atomic E-state index is 12.9. The fourth-order valence-corrected chi connectivity index (χ4v) is 3.50. The lowest BCUT2D eigenvalue weighted by Crippen LogP contribution is -2.41. The highest BCUT2D eigenvalue weighted by atomic mass is 16.2.